The number of benzene rings is 3. The van der Waals surface area contributed by atoms with Crippen molar-refractivity contribution < 1.29 is 19.1 Å². The molecule has 0 radical (unpaired) electrons. The Morgan fingerprint density at radius 3 is 1.54 bits per heavy atom. The number of alkyl halides is 2. The van der Waals surface area contributed by atoms with Crippen molar-refractivity contribution in [1.82, 2.24) is 0 Å². The minimum absolute atomic E-state index is 0.240. The molecule has 7 rings (SSSR count). The molecule has 0 aromatic heterocycles. The highest BCUT2D eigenvalue weighted by atomic mass is 79.9. The second-order valence-electron chi connectivity index (χ2n) is 9.48. The summed E-state index contributed by atoms with van der Waals surface area (Å²) in [7, 11) is 0. The highest BCUT2D eigenvalue weighted by Gasteiger charge is 2.72. The van der Waals surface area contributed by atoms with Crippen LogP contribution in [0.5, 0.6) is 0 Å². The lowest BCUT2D eigenvalue weighted by atomic mass is 9.54. The summed E-state index contributed by atoms with van der Waals surface area (Å²) < 4.78 is 3.60. The number of imide groups is 1. The van der Waals surface area contributed by atoms with E-state index in [1.807, 2.05) is 48.5 Å². The van der Waals surface area contributed by atoms with Gasteiger partial charge in [0.2, 0.25) is 11.8 Å². The number of amides is 2. The van der Waals surface area contributed by atoms with Crippen LogP contribution in [0.1, 0.15) is 46.5 Å². The first-order valence-electron chi connectivity index (χ1n) is 11.5. The molecule has 3 aliphatic carbocycles. The summed E-state index contributed by atoms with van der Waals surface area (Å²) in [4.78, 5) is 41.6. The molecule has 0 saturated carbocycles. The number of ether oxygens (including phenoxy) is 1. The van der Waals surface area contributed by atoms with Gasteiger partial charge in [-0.15, -0.1) is 0 Å². The highest BCUT2D eigenvalue weighted by Crippen LogP contribution is 2.70. The van der Waals surface area contributed by atoms with Crippen LogP contribution >= 0.6 is 31.9 Å². The second-order valence-corrected chi connectivity index (χ2v) is 12.0. The molecule has 1 saturated heterocycles. The molecule has 1 aliphatic heterocycles. The number of anilines is 1. The lowest BCUT2D eigenvalue weighted by Gasteiger charge is -2.55. The van der Waals surface area contributed by atoms with E-state index in [9.17, 15) is 14.4 Å². The number of hydrogen-bond acceptors (Lipinski definition) is 4. The van der Waals surface area contributed by atoms with Gasteiger partial charge in [0.25, 0.3) is 0 Å². The Balaban J connectivity index is 1.49. The van der Waals surface area contributed by atoms with Crippen molar-refractivity contribution in [3.63, 3.8) is 0 Å². The summed E-state index contributed by atoms with van der Waals surface area (Å²) in [6, 6.07) is 22.4. The van der Waals surface area contributed by atoms with Crippen molar-refractivity contribution in [2.45, 2.75) is 28.6 Å². The molecule has 0 spiro atoms. The summed E-state index contributed by atoms with van der Waals surface area (Å²) in [5, 5.41) is 0. The number of halogens is 2. The van der Waals surface area contributed by atoms with Crippen molar-refractivity contribution >= 4 is 55.3 Å². The molecule has 3 aromatic rings. The van der Waals surface area contributed by atoms with E-state index in [1.165, 1.54) is 4.90 Å². The van der Waals surface area contributed by atoms with E-state index in [1.54, 1.807) is 38.1 Å². The monoisotopic (exact) mass is 593 g/mol. The smallest absolute Gasteiger partial charge is 0.338 e. The van der Waals surface area contributed by atoms with Crippen LogP contribution in [0.15, 0.2) is 72.8 Å². The van der Waals surface area contributed by atoms with E-state index in [4.69, 9.17) is 4.74 Å². The Bertz CT molecular complexity index is 1290. The topological polar surface area (TPSA) is 63.7 Å². The van der Waals surface area contributed by atoms with E-state index in [0.717, 1.165) is 22.3 Å². The summed E-state index contributed by atoms with van der Waals surface area (Å²) in [5.41, 5.74) is 4.78. The number of rotatable bonds is 3. The minimum atomic E-state index is -0.830. The third-order valence-corrected chi connectivity index (χ3v) is 9.98. The molecule has 4 aliphatic rings. The first-order chi connectivity index (χ1) is 16.7. The largest absolute Gasteiger partial charge is 0.459 e. The van der Waals surface area contributed by atoms with Crippen LogP contribution in [0.25, 0.3) is 0 Å². The van der Waals surface area contributed by atoms with E-state index < -0.39 is 26.5 Å². The van der Waals surface area contributed by atoms with Crippen LogP contribution < -0.4 is 4.90 Å². The average Bonchev–Trinajstić information content (AvgIpc) is 3.13. The van der Waals surface area contributed by atoms with Gasteiger partial charge in [0.05, 0.1) is 37.8 Å². The van der Waals surface area contributed by atoms with Gasteiger partial charge in [-0.3, -0.25) is 9.59 Å². The van der Waals surface area contributed by atoms with Crippen LogP contribution in [-0.4, -0.2) is 23.9 Å². The lowest BCUT2D eigenvalue weighted by Crippen LogP contribution is -2.56. The zero-order valence-electron chi connectivity index (χ0n) is 19.0. The van der Waals surface area contributed by atoms with Gasteiger partial charge in [0.15, 0.2) is 0 Å². The molecule has 1 fully saturated rings. The number of esters is 1. The van der Waals surface area contributed by atoms with Crippen LogP contribution in [-0.2, 0) is 23.0 Å². The summed E-state index contributed by atoms with van der Waals surface area (Å²) in [6.45, 7) is 3.57. The maximum absolute atomic E-state index is 14.0. The first-order valence-corrected chi connectivity index (χ1v) is 13.1. The Morgan fingerprint density at radius 2 is 1.17 bits per heavy atom. The van der Waals surface area contributed by atoms with Gasteiger partial charge in [0, 0.05) is 0 Å². The molecule has 2 atom stereocenters. The molecular formula is C28H21Br2NO4. The number of carbonyl (C=O) groups is 3. The van der Waals surface area contributed by atoms with Crippen LogP contribution in [0.3, 0.4) is 0 Å². The average molecular weight is 595 g/mol. The van der Waals surface area contributed by atoms with Gasteiger partial charge in [-0.05, 0) is 60.4 Å². The second kappa shape index (κ2) is 7.61. The van der Waals surface area contributed by atoms with Gasteiger partial charge >= 0.3 is 5.97 Å². The first kappa shape index (κ1) is 22.7. The number of hydrogen-bond donors (Lipinski definition) is 0. The fourth-order valence-electron chi connectivity index (χ4n) is 5.95. The third-order valence-electron chi connectivity index (χ3n) is 7.29. The summed E-state index contributed by atoms with van der Waals surface area (Å²) >= 11 is 8.00. The van der Waals surface area contributed by atoms with Crippen LogP contribution in [0, 0.1) is 11.8 Å². The SMILES string of the molecule is CC(C)OC(=O)c1ccc(N2C(=O)[C@@H]3[C@@H](C2=O)C2(Br)c4ccccc4C3(Br)c3ccccc32)cc1. The molecule has 0 unspecified atom stereocenters. The normalized spacial score (nSPS) is 28.1. The molecule has 2 bridgehead atoms. The lowest BCUT2D eigenvalue weighted by molar-refractivity contribution is -0.122. The fourth-order valence-corrected chi connectivity index (χ4v) is 8.25. The van der Waals surface area contributed by atoms with E-state index >= 15 is 0 Å². The Kier molecular flexibility index (Phi) is 4.93. The molecule has 3 aromatic carbocycles. The van der Waals surface area contributed by atoms with Crippen molar-refractivity contribution in [2.24, 2.45) is 11.8 Å². The van der Waals surface area contributed by atoms with Crippen molar-refractivity contribution in [1.29, 1.82) is 0 Å². The molecular weight excluding hydrogens is 574 g/mol. The Hall–Kier alpha value is -2.77. The Morgan fingerprint density at radius 1 is 0.771 bits per heavy atom. The van der Waals surface area contributed by atoms with Crippen molar-refractivity contribution in [3.05, 3.63) is 101 Å². The summed E-state index contributed by atoms with van der Waals surface area (Å²) in [5.74, 6) is -2.24. The van der Waals surface area contributed by atoms with Gasteiger partial charge < -0.3 is 4.74 Å². The van der Waals surface area contributed by atoms with Crippen LogP contribution in [0.2, 0.25) is 0 Å². The van der Waals surface area contributed by atoms with Crippen molar-refractivity contribution in [2.75, 3.05) is 4.90 Å². The van der Waals surface area contributed by atoms with Gasteiger partial charge in [-0.1, -0.05) is 80.4 Å². The standard InChI is InChI=1S/C28H21Br2NO4/c1-15(2)35-26(34)16-11-13-17(14-12-16)31-24(32)22-23(25(31)33)28(30)19-8-4-3-7-18(19)27(22,29)20-9-5-6-10-21(20)28/h3-15,22-23H,1-2H3/t22-,23-,27?,28?/m0/s1. The molecule has 0 N–H and O–H groups in total. The Labute approximate surface area is 219 Å². The maximum Gasteiger partial charge on any atom is 0.338 e. The third kappa shape index (κ3) is 2.82. The zero-order valence-corrected chi connectivity index (χ0v) is 22.2. The minimum Gasteiger partial charge on any atom is -0.459 e. The van der Waals surface area contributed by atoms with Crippen LogP contribution in [0.4, 0.5) is 5.69 Å². The van der Waals surface area contributed by atoms with Crippen molar-refractivity contribution in [3.8, 4) is 0 Å². The van der Waals surface area contributed by atoms with E-state index in [2.05, 4.69) is 31.9 Å². The quantitative estimate of drug-likeness (QED) is 0.223. The predicted octanol–water partition coefficient (Wildman–Crippen LogP) is 5.66. The van der Waals surface area contributed by atoms with E-state index in [0.29, 0.717) is 11.3 Å². The molecule has 7 heteroatoms. The number of carbonyl (C=O) groups excluding carboxylic acids is 3. The number of nitrogens with zero attached hydrogens (tertiary/aromatic N) is 1. The molecule has 176 valence electrons. The molecule has 1 heterocycles. The molecule has 2 amide bonds. The predicted molar refractivity (Wildman–Crippen MR) is 139 cm³/mol. The van der Waals surface area contributed by atoms with Gasteiger partial charge in [-0.2, -0.15) is 0 Å². The van der Waals surface area contributed by atoms with Gasteiger partial charge in [0.1, 0.15) is 0 Å². The fraction of sp³-hybridized carbons (Fsp3) is 0.250. The molecule has 35 heavy (non-hydrogen) atoms. The van der Waals surface area contributed by atoms with Gasteiger partial charge in [-0.25, -0.2) is 9.69 Å². The highest BCUT2D eigenvalue weighted by molar-refractivity contribution is 9.10. The maximum atomic E-state index is 14.0. The molecule has 5 nitrogen and oxygen atoms in total. The summed E-state index contributed by atoms with van der Waals surface area (Å²) in [6.07, 6.45) is -0.240. The zero-order chi connectivity index (χ0) is 24.7. The van der Waals surface area contributed by atoms with E-state index in [-0.39, 0.29) is 17.9 Å².